The van der Waals surface area contributed by atoms with Crippen molar-refractivity contribution in [3.05, 3.63) is 88.1 Å². The Morgan fingerprint density at radius 3 is 2.23 bits per heavy atom. The minimum atomic E-state index is -1.03. The first-order valence-electron chi connectivity index (χ1n) is 12.1. The average molecular weight is 565 g/mol. The largest absolute Gasteiger partial charge is 0.503 e. The Labute approximate surface area is 234 Å². The van der Waals surface area contributed by atoms with Crippen LogP contribution in [0.4, 0.5) is 0 Å². The molecule has 1 aliphatic rings. The van der Waals surface area contributed by atoms with Gasteiger partial charge in [0.2, 0.25) is 11.5 Å². The lowest BCUT2D eigenvalue weighted by Crippen LogP contribution is -2.30. The van der Waals surface area contributed by atoms with Crippen LogP contribution in [0.15, 0.2) is 70.6 Å². The van der Waals surface area contributed by atoms with E-state index in [-0.39, 0.29) is 17.9 Å². The zero-order valence-corrected chi connectivity index (χ0v) is 22.8. The lowest BCUT2D eigenvalue weighted by atomic mass is 9.94. The molecule has 1 atom stereocenters. The van der Waals surface area contributed by atoms with Gasteiger partial charge >= 0.3 is 0 Å². The molecule has 0 radical (unpaired) electrons. The van der Waals surface area contributed by atoms with Crippen molar-refractivity contribution in [1.82, 2.24) is 9.88 Å². The third-order valence-electron chi connectivity index (χ3n) is 6.64. The fourth-order valence-corrected chi connectivity index (χ4v) is 5.04. The molecular formula is C29H25ClN2O8. The third kappa shape index (κ3) is 4.56. The monoisotopic (exact) mass is 564 g/mol. The molecule has 5 rings (SSSR count). The molecule has 1 amide bonds. The van der Waals surface area contributed by atoms with Gasteiger partial charge in [-0.1, -0.05) is 11.6 Å². The number of ketones is 1. The molecule has 0 saturated carbocycles. The van der Waals surface area contributed by atoms with Crippen LogP contribution in [0.3, 0.4) is 0 Å². The number of furan rings is 1. The number of benzene rings is 2. The summed E-state index contributed by atoms with van der Waals surface area (Å²) in [6.45, 7) is 0.0765. The highest BCUT2D eigenvalue weighted by molar-refractivity contribution is 6.31. The molecule has 206 valence electrons. The molecule has 1 unspecified atom stereocenters. The lowest BCUT2D eigenvalue weighted by Gasteiger charge is -2.27. The molecule has 10 nitrogen and oxygen atoms in total. The first kappa shape index (κ1) is 26.9. The van der Waals surface area contributed by atoms with Gasteiger partial charge in [0.1, 0.15) is 0 Å². The Bertz CT molecular complexity index is 1620. The van der Waals surface area contributed by atoms with Gasteiger partial charge in [0.05, 0.1) is 40.1 Å². The molecule has 0 saturated heterocycles. The van der Waals surface area contributed by atoms with Crippen LogP contribution < -0.4 is 18.9 Å². The second-order valence-electron chi connectivity index (χ2n) is 8.88. The van der Waals surface area contributed by atoms with Crippen molar-refractivity contribution < 1.29 is 38.1 Å². The quantitative estimate of drug-likeness (QED) is 0.270. The first-order chi connectivity index (χ1) is 19.3. The Kier molecular flexibility index (Phi) is 7.27. The van der Waals surface area contributed by atoms with Crippen LogP contribution >= 0.6 is 11.6 Å². The van der Waals surface area contributed by atoms with Crippen molar-refractivity contribution in [1.29, 1.82) is 0 Å². The van der Waals surface area contributed by atoms with E-state index in [1.54, 1.807) is 48.8 Å². The number of amides is 1. The summed E-state index contributed by atoms with van der Waals surface area (Å²) in [6.07, 6.45) is 3.19. The van der Waals surface area contributed by atoms with Gasteiger partial charge in [-0.3, -0.25) is 14.6 Å². The van der Waals surface area contributed by atoms with Crippen molar-refractivity contribution in [3.63, 3.8) is 0 Å². The van der Waals surface area contributed by atoms with Gasteiger partial charge in [-0.2, -0.15) is 0 Å². The summed E-state index contributed by atoms with van der Waals surface area (Å²) in [4.78, 5) is 32.9. The highest BCUT2D eigenvalue weighted by Gasteiger charge is 2.45. The van der Waals surface area contributed by atoms with E-state index in [1.165, 1.54) is 39.4 Å². The predicted molar refractivity (Wildman–Crippen MR) is 145 cm³/mol. The number of hydrogen-bond donors (Lipinski definition) is 1. The van der Waals surface area contributed by atoms with Gasteiger partial charge in [0.15, 0.2) is 34.4 Å². The highest BCUT2D eigenvalue weighted by atomic mass is 35.5. The van der Waals surface area contributed by atoms with E-state index in [1.807, 2.05) is 0 Å². The molecule has 11 heteroatoms. The number of Topliss-reactive ketones (excluding diaryl/α,β-unsaturated/α-hetero) is 1. The van der Waals surface area contributed by atoms with E-state index in [2.05, 4.69) is 4.98 Å². The SMILES string of the molecule is COc1cc(C2C(C(=O)c3cc4cc(Cl)cc(OC)c4o3)=C(O)C(=O)N2Cc2ccncc2)cc(OC)c1OC. The lowest BCUT2D eigenvalue weighted by molar-refractivity contribution is -0.130. The van der Waals surface area contributed by atoms with Crippen LogP contribution in [-0.4, -0.2) is 55.1 Å². The molecule has 2 aromatic heterocycles. The summed E-state index contributed by atoms with van der Waals surface area (Å²) in [7, 11) is 5.85. The molecule has 1 N–H and O–H groups in total. The van der Waals surface area contributed by atoms with Crippen molar-refractivity contribution in [2.24, 2.45) is 0 Å². The molecule has 0 spiro atoms. The number of ether oxygens (including phenoxy) is 4. The molecule has 40 heavy (non-hydrogen) atoms. The van der Waals surface area contributed by atoms with Crippen molar-refractivity contribution in [2.45, 2.75) is 12.6 Å². The smallest absolute Gasteiger partial charge is 0.290 e. The number of halogens is 1. The van der Waals surface area contributed by atoms with Crippen LogP contribution in [0, 0.1) is 0 Å². The van der Waals surface area contributed by atoms with Crippen LogP contribution in [0.2, 0.25) is 5.02 Å². The summed E-state index contributed by atoms with van der Waals surface area (Å²) >= 11 is 6.20. The number of aliphatic hydroxyl groups excluding tert-OH is 1. The van der Waals surface area contributed by atoms with Gasteiger partial charge in [-0.15, -0.1) is 0 Å². The van der Waals surface area contributed by atoms with Crippen molar-refractivity contribution in [3.8, 4) is 23.0 Å². The number of pyridine rings is 1. The van der Waals surface area contributed by atoms with E-state index in [0.717, 1.165) is 5.56 Å². The number of aliphatic hydroxyl groups is 1. The zero-order chi connectivity index (χ0) is 28.6. The maximum atomic E-state index is 14.0. The Balaban J connectivity index is 1.68. The fourth-order valence-electron chi connectivity index (χ4n) is 4.82. The maximum absolute atomic E-state index is 14.0. The van der Waals surface area contributed by atoms with Crippen molar-refractivity contribution in [2.75, 3.05) is 28.4 Å². The Morgan fingerprint density at radius 2 is 1.62 bits per heavy atom. The third-order valence-corrected chi connectivity index (χ3v) is 6.86. The van der Waals surface area contributed by atoms with Gasteiger partial charge in [-0.25, -0.2) is 0 Å². The van der Waals surface area contributed by atoms with Crippen LogP contribution in [0.1, 0.15) is 27.7 Å². The predicted octanol–water partition coefficient (Wildman–Crippen LogP) is 5.29. The number of hydrogen-bond acceptors (Lipinski definition) is 9. The van der Waals surface area contributed by atoms with E-state index < -0.39 is 23.5 Å². The van der Waals surface area contributed by atoms with Gasteiger partial charge in [-0.05, 0) is 47.5 Å². The Hall–Kier alpha value is -4.70. The molecule has 3 heterocycles. The number of nitrogens with zero attached hydrogens (tertiary/aromatic N) is 2. The number of carbonyl (C=O) groups is 2. The summed E-state index contributed by atoms with van der Waals surface area (Å²) in [5.74, 6) is -0.906. The van der Waals surface area contributed by atoms with Gasteiger partial charge in [0.25, 0.3) is 5.91 Å². The molecule has 2 aromatic carbocycles. The molecule has 4 aromatic rings. The molecule has 0 aliphatic carbocycles. The second-order valence-corrected chi connectivity index (χ2v) is 9.31. The molecular weight excluding hydrogens is 540 g/mol. The fraction of sp³-hybridized carbons (Fsp3) is 0.207. The van der Waals surface area contributed by atoms with E-state index in [9.17, 15) is 14.7 Å². The number of carbonyl (C=O) groups excluding carboxylic acids is 2. The van der Waals surface area contributed by atoms with Crippen molar-refractivity contribution >= 4 is 34.3 Å². The van der Waals surface area contributed by atoms with Gasteiger partial charge in [0, 0.05) is 35.4 Å². The second kappa shape index (κ2) is 10.8. The summed E-state index contributed by atoms with van der Waals surface area (Å²) < 4.78 is 27.7. The van der Waals surface area contributed by atoms with Crippen LogP contribution in [0.25, 0.3) is 11.0 Å². The van der Waals surface area contributed by atoms with E-state index in [0.29, 0.717) is 44.6 Å². The van der Waals surface area contributed by atoms with E-state index in [4.69, 9.17) is 35.0 Å². The summed E-state index contributed by atoms with van der Waals surface area (Å²) in [6, 6.07) is 10.4. The van der Waals surface area contributed by atoms with Crippen LogP contribution in [0.5, 0.6) is 23.0 Å². The molecule has 0 bridgehead atoms. The maximum Gasteiger partial charge on any atom is 0.290 e. The Morgan fingerprint density at radius 1 is 0.975 bits per heavy atom. The normalized spacial score (nSPS) is 15.1. The number of rotatable bonds is 9. The van der Waals surface area contributed by atoms with Gasteiger partial charge < -0.3 is 33.4 Å². The number of fused-ring (bicyclic) bond motifs is 1. The summed E-state index contributed by atoms with van der Waals surface area (Å²) in [5.41, 5.74) is 1.32. The van der Waals surface area contributed by atoms with E-state index >= 15 is 0 Å². The standard InChI is InChI=1S/C29H25ClN2O8/c1-36-20-10-16(11-21(37-2)28(20)39-4)24-23(26(34)29(35)32(24)14-15-5-7-31-8-6-15)25(33)19-12-17-9-18(30)13-22(38-3)27(17)40-19/h5-13,24,34H,14H2,1-4H3. The minimum Gasteiger partial charge on any atom is -0.503 e. The number of aromatic nitrogens is 1. The zero-order valence-electron chi connectivity index (χ0n) is 22.1. The summed E-state index contributed by atoms with van der Waals surface area (Å²) in [5, 5.41) is 12.0. The molecule has 1 aliphatic heterocycles. The molecule has 0 fully saturated rings. The minimum absolute atomic E-state index is 0.0765. The van der Waals surface area contributed by atoms with Crippen LogP contribution in [-0.2, 0) is 11.3 Å². The first-order valence-corrected chi connectivity index (χ1v) is 12.4. The topological polar surface area (TPSA) is 121 Å². The highest BCUT2D eigenvalue weighted by Crippen LogP contribution is 2.46. The average Bonchev–Trinajstić information content (AvgIpc) is 3.50. The number of methoxy groups -OCH3 is 4.